The molecular weight excluding hydrogens is 345 g/mol. The molecule has 0 N–H and O–H groups in total. The predicted molar refractivity (Wildman–Crippen MR) is 86.2 cm³/mol. The number of hydrogen-bond donors (Lipinski definition) is 0. The molecule has 0 unspecified atom stereocenters. The van der Waals surface area contributed by atoms with Crippen LogP contribution < -0.4 is 0 Å². The molecule has 1 saturated heterocycles. The van der Waals surface area contributed by atoms with Crippen molar-refractivity contribution in [2.24, 2.45) is 0 Å². The second-order valence-corrected chi connectivity index (χ2v) is 7.88. The van der Waals surface area contributed by atoms with Crippen molar-refractivity contribution in [2.75, 3.05) is 19.6 Å². The number of nitrogens with zero attached hydrogens (tertiary/aromatic N) is 3. The molecular formula is C14H17Cl2N3O2S. The van der Waals surface area contributed by atoms with Gasteiger partial charge in [-0.3, -0.25) is 0 Å². The summed E-state index contributed by atoms with van der Waals surface area (Å²) in [4.78, 5) is 1.59. The normalized spacial score (nSPS) is 18.7. The van der Waals surface area contributed by atoms with Crippen LogP contribution in [0.25, 0.3) is 0 Å². The fraction of sp³-hybridized carbons (Fsp3) is 0.500. The van der Waals surface area contributed by atoms with Crippen LogP contribution in [0.2, 0.25) is 10.0 Å². The summed E-state index contributed by atoms with van der Waals surface area (Å²) in [7, 11) is -3.75. The second-order valence-electron chi connectivity index (χ2n) is 5.18. The first-order valence-electron chi connectivity index (χ1n) is 7.01. The minimum Gasteiger partial charge on any atom is -0.309 e. The lowest BCUT2D eigenvalue weighted by molar-refractivity contribution is 0.320. The fourth-order valence-electron chi connectivity index (χ4n) is 2.59. The van der Waals surface area contributed by atoms with E-state index in [4.69, 9.17) is 28.5 Å². The molecule has 120 valence electrons. The molecule has 0 bridgehead atoms. The molecule has 0 saturated carbocycles. The second kappa shape index (κ2) is 7.05. The molecule has 1 aliphatic rings. The maximum absolute atomic E-state index is 13.0. The van der Waals surface area contributed by atoms with Gasteiger partial charge in [0.15, 0.2) is 6.19 Å². The Bertz CT molecular complexity index is 688. The standard InChI is InChI=1S/C14H17Cl2N3O2S/c1-2-6-19(12-5-7-18(9-12)10-17)22(20,21)14-8-11(15)3-4-13(14)16/h3-4,8,12H,2,5-7,9H2,1H3/t12-/m1/s1. The number of hydrogen-bond acceptors (Lipinski definition) is 4. The quantitative estimate of drug-likeness (QED) is 0.756. The number of sulfonamides is 1. The molecule has 1 fully saturated rings. The van der Waals surface area contributed by atoms with Crippen molar-refractivity contribution >= 4 is 33.2 Å². The summed E-state index contributed by atoms with van der Waals surface area (Å²) in [5, 5.41) is 9.44. The third-order valence-electron chi connectivity index (χ3n) is 3.64. The Hall–Kier alpha value is -1.000. The van der Waals surface area contributed by atoms with Crippen LogP contribution in [0.3, 0.4) is 0 Å². The predicted octanol–water partition coefficient (Wildman–Crippen LogP) is 2.95. The summed E-state index contributed by atoms with van der Waals surface area (Å²) in [6, 6.07) is 4.19. The van der Waals surface area contributed by atoms with Crippen molar-refractivity contribution in [3.8, 4) is 6.19 Å². The van der Waals surface area contributed by atoms with E-state index < -0.39 is 10.0 Å². The highest BCUT2D eigenvalue weighted by atomic mass is 35.5. The molecule has 0 aromatic heterocycles. The van der Waals surface area contributed by atoms with E-state index in [2.05, 4.69) is 6.19 Å². The summed E-state index contributed by atoms with van der Waals surface area (Å²) >= 11 is 12.0. The van der Waals surface area contributed by atoms with Gasteiger partial charge in [0.05, 0.1) is 5.02 Å². The third kappa shape index (κ3) is 3.49. The zero-order chi connectivity index (χ0) is 16.3. The van der Waals surface area contributed by atoms with Gasteiger partial charge in [-0.05, 0) is 31.0 Å². The third-order valence-corrected chi connectivity index (χ3v) is 6.30. The summed E-state index contributed by atoms with van der Waals surface area (Å²) in [5.41, 5.74) is 0. The molecule has 0 radical (unpaired) electrons. The van der Waals surface area contributed by atoms with Gasteiger partial charge in [-0.15, -0.1) is 0 Å². The lowest BCUT2D eigenvalue weighted by Gasteiger charge is -2.27. The molecule has 22 heavy (non-hydrogen) atoms. The van der Waals surface area contributed by atoms with Crippen LogP contribution in [0.4, 0.5) is 0 Å². The van der Waals surface area contributed by atoms with Crippen molar-refractivity contribution in [1.82, 2.24) is 9.21 Å². The van der Waals surface area contributed by atoms with Gasteiger partial charge in [0, 0.05) is 30.7 Å². The first-order valence-corrected chi connectivity index (χ1v) is 9.21. The topological polar surface area (TPSA) is 64.4 Å². The summed E-state index contributed by atoms with van der Waals surface area (Å²) in [6.45, 7) is 3.28. The van der Waals surface area contributed by atoms with Gasteiger partial charge in [-0.25, -0.2) is 8.42 Å². The van der Waals surface area contributed by atoms with Gasteiger partial charge in [0.2, 0.25) is 10.0 Å². The number of likely N-dealkylation sites (tertiary alicyclic amines) is 1. The largest absolute Gasteiger partial charge is 0.309 e. The Balaban J connectivity index is 2.39. The van der Waals surface area contributed by atoms with Crippen molar-refractivity contribution in [3.63, 3.8) is 0 Å². The van der Waals surface area contributed by atoms with Crippen LogP contribution in [0, 0.1) is 11.5 Å². The first kappa shape index (κ1) is 17.4. The fourth-order valence-corrected chi connectivity index (χ4v) is 5.07. The monoisotopic (exact) mass is 361 g/mol. The zero-order valence-corrected chi connectivity index (χ0v) is 14.5. The van der Waals surface area contributed by atoms with Gasteiger partial charge in [-0.2, -0.15) is 9.57 Å². The van der Waals surface area contributed by atoms with Gasteiger partial charge < -0.3 is 4.90 Å². The Morgan fingerprint density at radius 3 is 2.77 bits per heavy atom. The van der Waals surface area contributed by atoms with Crippen LogP contribution in [0.15, 0.2) is 23.1 Å². The van der Waals surface area contributed by atoms with Gasteiger partial charge in [0.25, 0.3) is 0 Å². The summed E-state index contributed by atoms with van der Waals surface area (Å²) in [5.74, 6) is 0. The lowest BCUT2D eigenvalue weighted by atomic mass is 10.2. The Morgan fingerprint density at radius 1 is 1.45 bits per heavy atom. The lowest BCUT2D eigenvalue weighted by Crippen LogP contribution is -2.42. The van der Waals surface area contributed by atoms with E-state index in [0.29, 0.717) is 37.5 Å². The molecule has 0 aliphatic carbocycles. The molecule has 5 nitrogen and oxygen atoms in total. The van der Waals surface area contributed by atoms with E-state index in [1.807, 2.05) is 6.92 Å². The smallest absolute Gasteiger partial charge is 0.244 e. The highest BCUT2D eigenvalue weighted by Crippen LogP contribution is 2.30. The minimum atomic E-state index is -3.75. The maximum atomic E-state index is 13.0. The number of halogens is 2. The number of benzene rings is 1. The molecule has 1 aliphatic heterocycles. The average Bonchev–Trinajstić information content (AvgIpc) is 2.95. The Labute approximate surface area is 141 Å². The number of nitriles is 1. The van der Waals surface area contributed by atoms with Gasteiger partial charge >= 0.3 is 0 Å². The average molecular weight is 362 g/mol. The van der Waals surface area contributed by atoms with E-state index in [9.17, 15) is 8.42 Å². The van der Waals surface area contributed by atoms with Crippen LogP contribution in [0.5, 0.6) is 0 Å². The molecule has 1 atom stereocenters. The zero-order valence-electron chi connectivity index (χ0n) is 12.2. The Kier molecular flexibility index (Phi) is 5.56. The summed E-state index contributed by atoms with van der Waals surface area (Å²) in [6.07, 6.45) is 3.38. The molecule has 1 aromatic rings. The highest BCUT2D eigenvalue weighted by Gasteiger charge is 2.36. The molecule has 0 amide bonds. The van der Waals surface area contributed by atoms with E-state index in [1.165, 1.54) is 16.4 Å². The first-order chi connectivity index (χ1) is 10.4. The van der Waals surface area contributed by atoms with E-state index in [1.54, 1.807) is 11.0 Å². The van der Waals surface area contributed by atoms with E-state index in [0.717, 1.165) is 0 Å². The minimum absolute atomic E-state index is 0.0190. The highest BCUT2D eigenvalue weighted by molar-refractivity contribution is 7.89. The SMILES string of the molecule is CCCN([C@@H]1CCN(C#N)C1)S(=O)(=O)c1cc(Cl)ccc1Cl. The Morgan fingerprint density at radius 2 is 2.18 bits per heavy atom. The van der Waals surface area contributed by atoms with Gasteiger partial charge in [0.1, 0.15) is 4.90 Å². The van der Waals surface area contributed by atoms with E-state index in [-0.39, 0.29) is 16.0 Å². The van der Waals surface area contributed by atoms with Gasteiger partial charge in [-0.1, -0.05) is 30.1 Å². The summed E-state index contributed by atoms with van der Waals surface area (Å²) < 4.78 is 27.4. The van der Waals surface area contributed by atoms with Crippen LogP contribution in [-0.2, 0) is 10.0 Å². The number of rotatable bonds is 5. The van der Waals surface area contributed by atoms with Crippen LogP contribution in [0.1, 0.15) is 19.8 Å². The molecule has 2 rings (SSSR count). The maximum Gasteiger partial charge on any atom is 0.244 e. The van der Waals surface area contributed by atoms with Crippen molar-refractivity contribution < 1.29 is 8.42 Å². The molecule has 8 heteroatoms. The molecule has 1 heterocycles. The van der Waals surface area contributed by atoms with Crippen molar-refractivity contribution in [3.05, 3.63) is 28.2 Å². The van der Waals surface area contributed by atoms with Crippen LogP contribution >= 0.6 is 23.2 Å². The van der Waals surface area contributed by atoms with Crippen LogP contribution in [-0.4, -0.2) is 43.3 Å². The van der Waals surface area contributed by atoms with Crippen molar-refractivity contribution in [2.45, 2.75) is 30.7 Å². The molecule has 0 spiro atoms. The molecule has 1 aromatic carbocycles. The van der Waals surface area contributed by atoms with Crippen molar-refractivity contribution in [1.29, 1.82) is 5.26 Å². The van der Waals surface area contributed by atoms with E-state index >= 15 is 0 Å².